The molecule has 1 amide bonds. The van der Waals surface area contributed by atoms with Gasteiger partial charge in [-0.3, -0.25) is 9.59 Å². The van der Waals surface area contributed by atoms with Gasteiger partial charge in [-0.25, -0.2) is 0 Å². The van der Waals surface area contributed by atoms with Crippen molar-refractivity contribution >= 4 is 11.7 Å². The molecule has 0 spiro atoms. The molecule has 1 rings (SSSR count). The van der Waals surface area contributed by atoms with Crippen LogP contribution in [0, 0.1) is 0 Å². The van der Waals surface area contributed by atoms with Crippen LogP contribution in [-0.2, 0) is 4.79 Å². The van der Waals surface area contributed by atoms with Gasteiger partial charge in [0, 0.05) is 24.9 Å². The second kappa shape index (κ2) is 8.43. The molecular formula is C15H22N2O2. The Kier molecular flexibility index (Phi) is 6.82. The van der Waals surface area contributed by atoms with E-state index in [0.717, 1.165) is 13.0 Å². The molecule has 0 unspecified atom stereocenters. The molecule has 0 aliphatic heterocycles. The van der Waals surface area contributed by atoms with Crippen molar-refractivity contribution in [2.75, 3.05) is 27.2 Å². The highest BCUT2D eigenvalue weighted by Crippen LogP contribution is 2.04. The zero-order valence-electron chi connectivity index (χ0n) is 11.7. The molecule has 0 aliphatic rings. The highest BCUT2D eigenvalue weighted by molar-refractivity contribution is 5.97. The van der Waals surface area contributed by atoms with Crippen molar-refractivity contribution in [1.29, 1.82) is 0 Å². The standard InChI is InChI=1S/C15H22N2O2/c1-17(2)12-6-11-16-15(19)10-9-14(18)13-7-4-3-5-8-13/h3-5,7-8H,6,9-12H2,1-2H3,(H,16,19). The molecule has 0 fully saturated rings. The monoisotopic (exact) mass is 262 g/mol. The van der Waals surface area contributed by atoms with E-state index in [4.69, 9.17) is 0 Å². The number of ketones is 1. The highest BCUT2D eigenvalue weighted by atomic mass is 16.2. The van der Waals surface area contributed by atoms with E-state index < -0.39 is 0 Å². The number of rotatable bonds is 8. The van der Waals surface area contributed by atoms with Crippen LogP contribution in [0.25, 0.3) is 0 Å². The van der Waals surface area contributed by atoms with Crippen LogP contribution in [0.5, 0.6) is 0 Å². The average Bonchev–Trinajstić information content (AvgIpc) is 2.41. The molecule has 0 atom stereocenters. The molecule has 0 saturated carbocycles. The van der Waals surface area contributed by atoms with E-state index in [1.807, 2.05) is 32.3 Å². The number of nitrogens with zero attached hydrogens (tertiary/aromatic N) is 1. The third-order valence-corrected chi connectivity index (χ3v) is 2.78. The zero-order chi connectivity index (χ0) is 14.1. The minimum Gasteiger partial charge on any atom is -0.356 e. The van der Waals surface area contributed by atoms with Gasteiger partial charge in [0.25, 0.3) is 0 Å². The lowest BCUT2D eigenvalue weighted by molar-refractivity contribution is -0.121. The van der Waals surface area contributed by atoms with E-state index in [0.29, 0.717) is 12.1 Å². The predicted molar refractivity (Wildman–Crippen MR) is 76.2 cm³/mol. The molecule has 0 bridgehead atoms. The lowest BCUT2D eigenvalue weighted by atomic mass is 10.1. The molecule has 4 heteroatoms. The van der Waals surface area contributed by atoms with E-state index in [2.05, 4.69) is 10.2 Å². The Labute approximate surface area is 114 Å². The number of nitrogens with one attached hydrogen (secondary N) is 1. The van der Waals surface area contributed by atoms with Gasteiger partial charge in [-0.15, -0.1) is 0 Å². The third kappa shape index (κ3) is 6.72. The van der Waals surface area contributed by atoms with Crippen molar-refractivity contribution in [2.45, 2.75) is 19.3 Å². The average molecular weight is 262 g/mol. The fourth-order valence-electron chi connectivity index (χ4n) is 1.71. The molecule has 1 N–H and O–H groups in total. The van der Waals surface area contributed by atoms with Crippen molar-refractivity contribution in [3.8, 4) is 0 Å². The first kappa shape index (κ1) is 15.4. The largest absolute Gasteiger partial charge is 0.356 e. The molecule has 0 heterocycles. The number of benzene rings is 1. The zero-order valence-corrected chi connectivity index (χ0v) is 11.7. The Hall–Kier alpha value is -1.68. The number of carbonyl (C=O) groups is 2. The predicted octanol–water partition coefficient (Wildman–Crippen LogP) is 1.72. The molecule has 0 aliphatic carbocycles. The van der Waals surface area contributed by atoms with Gasteiger partial charge >= 0.3 is 0 Å². The Bertz CT molecular complexity index is 402. The second-order valence-electron chi connectivity index (χ2n) is 4.80. The van der Waals surface area contributed by atoms with Gasteiger partial charge in [0.05, 0.1) is 0 Å². The Morgan fingerprint density at radius 2 is 1.79 bits per heavy atom. The molecule has 4 nitrogen and oxygen atoms in total. The summed E-state index contributed by atoms with van der Waals surface area (Å²) in [6.07, 6.45) is 1.45. The van der Waals surface area contributed by atoms with Crippen LogP contribution in [0.1, 0.15) is 29.6 Å². The molecule has 19 heavy (non-hydrogen) atoms. The summed E-state index contributed by atoms with van der Waals surface area (Å²) in [5.74, 6) is -0.0351. The van der Waals surface area contributed by atoms with Crippen LogP contribution >= 0.6 is 0 Å². The summed E-state index contributed by atoms with van der Waals surface area (Å²) in [6, 6.07) is 9.08. The minimum absolute atomic E-state index is 0.0176. The topological polar surface area (TPSA) is 49.4 Å². The van der Waals surface area contributed by atoms with Gasteiger partial charge in [-0.05, 0) is 27.1 Å². The molecule has 104 valence electrons. The second-order valence-corrected chi connectivity index (χ2v) is 4.80. The Morgan fingerprint density at radius 3 is 2.42 bits per heavy atom. The fourth-order valence-corrected chi connectivity index (χ4v) is 1.71. The Morgan fingerprint density at radius 1 is 1.11 bits per heavy atom. The molecule has 0 saturated heterocycles. The number of carbonyl (C=O) groups excluding carboxylic acids is 2. The smallest absolute Gasteiger partial charge is 0.220 e. The van der Waals surface area contributed by atoms with E-state index in [1.54, 1.807) is 12.1 Å². The van der Waals surface area contributed by atoms with Crippen LogP contribution in [0.2, 0.25) is 0 Å². The minimum atomic E-state index is -0.0527. The Balaban J connectivity index is 2.18. The maximum absolute atomic E-state index is 11.8. The van der Waals surface area contributed by atoms with Crippen molar-refractivity contribution in [2.24, 2.45) is 0 Å². The third-order valence-electron chi connectivity index (χ3n) is 2.78. The van der Waals surface area contributed by atoms with Crippen LogP contribution in [0.15, 0.2) is 30.3 Å². The summed E-state index contributed by atoms with van der Waals surface area (Å²) in [5, 5.41) is 2.83. The van der Waals surface area contributed by atoms with Gasteiger partial charge in [-0.1, -0.05) is 30.3 Å². The fraction of sp³-hybridized carbons (Fsp3) is 0.467. The van der Waals surface area contributed by atoms with Gasteiger partial charge in [-0.2, -0.15) is 0 Å². The first-order valence-electron chi connectivity index (χ1n) is 6.59. The summed E-state index contributed by atoms with van der Waals surface area (Å²) in [7, 11) is 4.00. The first-order chi connectivity index (χ1) is 9.09. The van der Waals surface area contributed by atoms with Crippen LogP contribution in [-0.4, -0.2) is 43.8 Å². The van der Waals surface area contributed by atoms with Gasteiger partial charge in [0.15, 0.2) is 5.78 Å². The van der Waals surface area contributed by atoms with Crippen LogP contribution in [0.3, 0.4) is 0 Å². The lowest BCUT2D eigenvalue weighted by Gasteiger charge is -2.09. The van der Waals surface area contributed by atoms with Gasteiger partial charge in [0.2, 0.25) is 5.91 Å². The number of Topliss-reactive ketones (excluding diaryl/α,β-unsaturated/α-hetero) is 1. The quantitative estimate of drug-likeness (QED) is 0.573. The van der Waals surface area contributed by atoms with Crippen molar-refractivity contribution in [3.05, 3.63) is 35.9 Å². The number of hydrogen-bond acceptors (Lipinski definition) is 3. The van der Waals surface area contributed by atoms with E-state index in [-0.39, 0.29) is 24.5 Å². The summed E-state index contributed by atoms with van der Waals surface area (Å²) in [6.45, 7) is 1.61. The van der Waals surface area contributed by atoms with E-state index >= 15 is 0 Å². The lowest BCUT2D eigenvalue weighted by Crippen LogP contribution is -2.27. The van der Waals surface area contributed by atoms with Crippen LogP contribution < -0.4 is 5.32 Å². The van der Waals surface area contributed by atoms with Gasteiger partial charge < -0.3 is 10.2 Å². The first-order valence-corrected chi connectivity index (χ1v) is 6.59. The van der Waals surface area contributed by atoms with Crippen LogP contribution in [0.4, 0.5) is 0 Å². The maximum Gasteiger partial charge on any atom is 0.220 e. The van der Waals surface area contributed by atoms with Crippen molar-refractivity contribution in [1.82, 2.24) is 10.2 Å². The SMILES string of the molecule is CN(C)CCCNC(=O)CCC(=O)c1ccccc1. The molecular weight excluding hydrogens is 240 g/mol. The molecule has 0 aromatic heterocycles. The normalized spacial score (nSPS) is 10.5. The van der Waals surface area contributed by atoms with Crippen molar-refractivity contribution < 1.29 is 9.59 Å². The summed E-state index contributed by atoms with van der Waals surface area (Å²) in [4.78, 5) is 25.4. The number of amides is 1. The maximum atomic E-state index is 11.8. The summed E-state index contributed by atoms with van der Waals surface area (Å²) in [5.41, 5.74) is 0.669. The van der Waals surface area contributed by atoms with Crippen molar-refractivity contribution in [3.63, 3.8) is 0 Å². The molecule has 1 aromatic rings. The summed E-state index contributed by atoms with van der Waals surface area (Å²) >= 11 is 0. The van der Waals surface area contributed by atoms with E-state index in [9.17, 15) is 9.59 Å². The van der Waals surface area contributed by atoms with Gasteiger partial charge in [0.1, 0.15) is 0 Å². The number of hydrogen-bond donors (Lipinski definition) is 1. The molecule has 0 radical (unpaired) electrons. The summed E-state index contributed by atoms with van der Waals surface area (Å²) < 4.78 is 0. The highest BCUT2D eigenvalue weighted by Gasteiger charge is 2.08. The van der Waals surface area contributed by atoms with E-state index in [1.165, 1.54) is 0 Å². The molecule has 1 aromatic carbocycles.